The van der Waals surface area contributed by atoms with E-state index in [9.17, 15) is 0 Å². The Bertz CT molecular complexity index is 1230. The van der Waals surface area contributed by atoms with E-state index in [2.05, 4.69) is 89.8 Å². The van der Waals surface area contributed by atoms with E-state index in [0.29, 0.717) is 6.04 Å². The molecule has 1 aliphatic carbocycles. The van der Waals surface area contributed by atoms with E-state index in [1.807, 2.05) is 0 Å². The van der Waals surface area contributed by atoms with Crippen LogP contribution in [0, 0.1) is 0 Å². The van der Waals surface area contributed by atoms with Crippen molar-refractivity contribution in [3.05, 3.63) is 48.2 Å². The minimum atomic E-state index is 0.214. The normalized spacial score (nSPS) is 21.5. The van der Waals surface area contributed by atoms with Crippen molar-refractivity contribution in [3.63, 3.8) is 0 Å². The summed E-state index contributed by atoms with van der Waals surface area (Å²) in [4.78, 5) is 19.7. The predicted octanol–water partition coefficient (Wildman–Crippen LogP) is 5.77. The van der Waals surface area contributed by atoms with Crippen molar-refractivity contribution in [3.8, 4) is 5.75 Å². The lowest BCUT2D eigenvalue weighted by molar-refractivity contribution is 0.157. The van der Waals surface area contributed by atoms with Crippen LogP contribution in [-0.2, 0) is 0 Å². The fourth-order valence-corrected chi connectivity index (χ4v) is 6.45. The van der Waals surface area contributed by atoms with Crippen LogP contribution >= 0.6 is 0 Å². The molecule has 222 valence electrons. The molecule has 2 aromatic rings. The minimum absolute atomic E-state index is 0.214. The Labute approximate surface area is 247 Å². The lowest BCUT2D eigenvalue weighted by Gasteiger charge is -2.46. The Morgan fingerprint density at radius 1 is 1.05 bits per heavy atom. The maximum Gasteiger partial charge on any atom is 0.155 e. The van der Waals surface area contributed by atoms with Crippen LogP contribution in [0.4, 0.5) is 23.0 Å². The van der Waals surface area contributed by atoms with Crippen molar-refractivity contribution in [1.82, 2.24) is 14.8 Å². The van der Waals surface area contributed by atoms with Gasteiger partial charge in [-0.25, -0.2) is 4.98 Å². The molecular formula is C33H49N7O. The molecule has 0 spiro atoms. The number of methoxy groups -OCH3 is 1. The van der Waals surface area contributed by atoms with Gasteiger partial charge in [0.1, 0.15) is 11.6 Å². The Kier molecular flexibility index (Phi) is 9.50. The van der Waals surface area contributed by atoms with Gasteiger partial charge < -0.3 is 24.8 Å². The number of aromatic nitrogens is 1. The van der Waals surface area contributed by atoms with E-state index in [1.54, 1.807) is 7.11 Å². The molecule has 1 saturated carbocycles. The first-order valence-corrected chi connectivity index (χ1v) is 15.4. The number of hydrogen-bond acceptors (Lipinski definition) is 8. The lowest BCUT2D eigenvalue weighted by atomic mass is 10.0. The maximum absolute atomic E-state index is 5.82. The number of ether oxygens (including phenoxy) is 1. The number of benzene rings is 1. The third-order valence-corrected chi connectivity index (χ3v) is 9.25. The van der Waals surface area contributed by atoms with Crippen LogP contribution in [0.3, 0.4) is 0 Å². The van der Waals surface area contributed by atoms with Gasteiger partial charge in [0.05, 0.1) is 31.1 Å². The SMILES string of the molecule is C=C1C(C)N(C2CCCCCC2)c2nc(Nc3ccc(C(C)=NCCN4CCN(C)CC4)cc3OC)ccc2N1C. The Morgan fingerprint density at radius 2 is 1.78 bits per heavy atom. The molecule has 0 radical (unpaired) electrons. The van der Waals surface area contributed by atoms with E-state index in [1.165, 1.54) is 38.5 Å². The summed E-state index contributed by atoms with van der Waals surface area (Å²) in [5.74, 6) is 2.65. The number of hydrogen-bond donors (Lipinski definition) is 1. The molecule has 2 fully saturated rings. The molecule has 3 heterocycles. The van der Waals surface area contributed by atoms with Crippen molar-refractivity contribution in [2.24, 2.45) is 4.99 Å². The minimum Gasteiger partial charge on any atom is -0.495 e. The number of likely N-dealkylation sites (N-methyl/N-ethyl adjacent to an activating group) is 2. The molecule has 1 atom stereocenters. The zero-order valence-corrected chi connectivity index (χ0v) is 25.8. The van der Waals surface area contributed by atoms with Crippen LogP contribution in [0.1, 0.15) is 57.9 Å². The monoisotopic (exact) mass is 559 g/mol. The third kappa shape index (κ3) is 6.70. The number of rotatable bonds is 8. The molecule has 2 aliphatic heterocycles. The maximum atomic E-state index is 5.82. The molecule has 1 saturated heterocycles. The highest BCUT2D eigenvalue weighted by atomic mass is 16.5. The summed E-state index contributed by atoms with van der Waals surface area (Å²) >= 11 is 0. The van der Waals surface area contributed by atoms with Gasteiger partial charge in [-0.2, -0.15) is 0 Å². The first-order valence-electron chi connectivity index (χ1n) is 15.4. The number of nitrogens with zero attached hydrogens (tertiary/aromatic N) is 6. The highest BCUT2D eigenvalue weighted by Crippen LogP contribution is 2.42. The van der Waals surface area contributed by atoms with Crippen molar-refractivity contribution in [1.29, 1.82) is 0 Å². The fraction of sp³-hybridized carbons (Fsp3) is 0.576. The molecule has 8 heteroatoms. The molecule has 3 aliphatic rings. The standard InChI is InChI=1S/C33H49N7O/c1-24(34-17-18-39-21-19-37(4)20-22-39)27-13-14-29(31(23-27)41-6)35-32-16-15-30-33(36-32)40(26(3)25(2)38(30)5)28-11-9-7-8-10-12-28/h13-16,23,26,28H,2,7-12,17-22H2,1,3-6H3,(H,35,36). The average molecular weight is 560 g/mol. The number of piperazine rings is 1. The topological polar surface area (TPSA) is 59.5 Å². The first kappa shape index (κ1) is 29.4. The van der Waals surface area contributed by atoms with E-state index in [4.69, 9.17) is 14.7 Å². The average Bonchev–Trinajstić information content (AvgIpc) is 3.27. The van der Waals surface area contributed by atoms with Crippen molar-refractivity contribution >= 4 is 28.7 Å². The van der Waals surface area contributed by atoms with Gasteiger partial charge in [-0.05, 0) is 63.6 Å². The van der Waals surface area contributed by atoms with Crippen LogP contribution in [0.2, 0.25) is 0 Å². The summed E-state index contributed by atoms with van der Waals surface area (Å²) in [6, 6.07) is 11.2. The highest BCUT2D eigenvalue weighted by Gasteiger charge is 2.35. The van der Waals surface area contributed by atoms with Gasteiger partial charge in [-0.15, -0.1) is 0 Å². The third-order valence-electron chi connectivity index (χ3n) is 9.25. The summed E-state index contributed by atoms with van der Waals surface area (Å²) in [6.45, 7) is 15.1. The Morgan fingerprint density at radius 3 is 2.49 bits per heavy atom. The fourth-order valence-electron chi connectivity index (χ4n) is 6.45. The number of nitrogens with one attached hydrogen (secondary N) is 1. The van der Waals surface area contributed by atoms with E-state index >= 15 is 0 Å². The van der Waals surface area contributed by atoms with Crippen molar-refractivity contribution in [2.75, 3.05) is 75.6 Å². The van der Waals surface area contributed by atoms with Crippen molar-refractivity contribution in [2.45, 2.75) is 64.5 Å². The predicted molar refractivity (Wildman–Crippen MR) is 173 cm³/mol. The lowest BCUT2D eigenvalue weighted by Crippen LogP contribution is -2.49. The van der Waals surface area contributed by atoms with Gasteiger partial charge in [0.15, 0.2) is 5.82 Å². The number of pyridine rings is 1. The first-order chi connectivity index (χ1) is 19.9. The zero-order chi connectivity index (χ0) is 28.9. The van der Waals surface area contributed by atoms with E-state index in [-0.39, 0.29) is 6.04 Å². The zero-order valence-electron chi connectivity index (χ0n) is 25.8. The molecule has 1 aromatic carbocycles. The summed E-state index contributed by atoms with van der Waals surface area (Å²) in [5, 5.41) is 3.55. The van der Waals surface area contributed by atoms with Crippen LogP contribution in [-0.4, -0.2) is 93.1 Å². The molecule has 8 nitrogen and oxygen atoms in total. The number of anilines is 4. The molecule has 0 bridgehead atoms. The van der Waals surface area contributed by atoms with Crippen LogP contribution in [0.25, 0.3) is 0 Å². The Hall–Kier alpha value is -3.10. The van der Waals surface area contributed by atoms with Crippen molar-refractivity contribution < 1.29 is 4.74 Å². The van der Waals surface area contributed by atoms with Gasteiger partial charge in [0, 0.05) is 57.2 Å². The highest BCUT2D eigenvalue weighted by molar-refractivity contribution is 5.99. The Balaban J connectivity index is 1.33. The van der Waals surface area contributed by atoms with Gasteiger partial charge in [-0.1, -0.05) is 38.3 Å². The molecular weight excluding hydrogens is 510 g/mol. The van der Waals surface area contributed by atoms with Gasteiger partial charge >= 0.3 is 0 Å². The number of fused-ring (bicyclic) bond motifs is 1. The smallest absolute Gasteiger partial charge is 0.155 e. The second-order valence-corrected chi connectivity index (χ2v) is 12.0. The van der Waals surface area contributed by atoms with Gasteiger partial charge in [0.25, 0.3) is 0 Å². The number of aliphatic imine (C=N–C) groups is 1. The summed E-state index contributed by atoms with van der Waals surface area (Å²) in [5.41, 5.74) is 5.26. The van der Waals surface area contributed by atoms with Gasteiger partial charge in [0.2, 0.25) is 0 Å². The molecule has 41 heavy (non-hydrogen) atoms. The molecule has 5 rings (SSSR count). The summed E-state index contributed by atoms with van der Waals surface area (Å²) in [7, 11) is 6.02. The second kappa shape index (κ2) is 13.3. The van der Waals surface area contributed by atoms with Crippen LogP contribution < -0.4 is 19.9 Å². The molecule has 0 amide bonds. The molecule has 1 aromatic heterocycles. The summed E-state index contributed by atoms with van der Waals surface area (Å²) < 4.78 is 5.82. The second-order valence-electron chi connectivity index (χ2n) is 12.0. The van der Waals surface area contributed by atoms with E-state index < -0.39 is 0 Å². The van der Waals surface area contributed by atoms with Crippen LogP contribution in [0.15, 0.2) is 47.6 Å². The molecule has 1 N–H and O–H groups in total. The van der Waals surface area contributed by atoms with E-state index in [0.717, 1.165) is 85.0 Å². The van der Waals surface area contributed by atoms with Crippen LogP contribution in [0.5, 0.6) is 5.75 Å². The molecule has 1 unspecified atom stereocenters. The largest absolute Gasteiger partial charge is 0.495 e. The summed E-state index contributed by atoms with van der Waals surface area (Å²) in [6.07, 6.45) is 7.66. The quantitative estimate of drug-likeness (QED) is 0.325. The van der Waals surface area contributed by atoms with Gasteiger partial charge in [-0.3, -0.25) is 9.89 Å².